The number of fused-ring (bicyclic) bond motifs is 1. The maximum atomic E-state index is 13.2. The molecule has 0 aliphatic rings. The van der Waals surface area contributed by atoms with Crippen LogP contribution in [0.1, 0.15) is 32.0 Å². The summed E-state index contributed by atoms with van der Waals surface area (Å²) in [6, 6.07) is 6.13. The third kappa shape index (κ3) is 3.42. The standard InChI is InChI=1S/C20H19N3O6/c1-11-7-14(19(26)29-4)16-17(21-11)22(2)20(27)23(18(16)25)9-13-8-12(10-24)5-6-15(13)28-3/h5-8,10H,9H2,1-4H3. The van der Waals surface area contributed by atoms with E-state index in [1.54, 1.807) is 19.1 Å². The molecule has 3 rings (SSSR count). The van der Waals surface area contributed by atoms with Crippen molar-refractivity contribution >= 4 is 23.3 Å². The predicted octanol–water partition coefficient (Wildman–Crippen LogP) is 1.06. The van der Waals surface area contributed by atoms with Gasteiger partial charge in [-0.25, -0.2) is 14.6 Å². The van der Waals surface area contributed by atoms with Crippen molar-refractivity contribution in [2.45, 2.75) is 13.5 Å². The second-order valence-corrected chi connectivity index (χ2v) is 6.42. The van der Waals surface area contributed by atoms with Gasteiger partial charge in [0.15, 0.2) is 0 Å². The number of nitrogens with zero attached hydrogens (tertiary/aromatic N) is 3. The van der Waals surface area contributed by atoms with Gasteiger partial charge in [0.05, 0.1) is 31.7 Å². The quantitative estimate of drug-likeness (QED) is 0.468. The van der Waals surface area contributed by atoms with Crippen molar-refractivity contribution in [1.29, 1.82) is 0 Å². The molecule has 0 fully saturated rings. The summed E-state index contributed by atoms with van der Waals surface area (Å²) in [4.78, 5) is 53.7. The SMILES string of the molecule is COC(=O)c1cc(C)nc2c1c(=O)n(Cc1cc(C=O)ccc1OC)c(=O)n2C. The number of aldehydes is 1. The number of aromatic nitrogens is 3. The topological polar surface area (TPSA) is 109 Å². The summed E-state index contributed by atoms with van der Waals surface area (Å²) in [7, 11) is 4.12. The summed E-state index contributed by atoms with van der Waals surface area (Å²) >= 11 is 0. The van der Waals surface area contributed by atoms with Crippen LogP contribution in [0.25, 0.3) is 11.0 Å². The van der Waals surface area contributed by atoms with Gasteiger partial charge in [0.25, 0.3) is 5.56 Å². The van der Waals surface area contributed by atoms with Crippen molar-refractivity contribution in [1.82, 2.24) is 14.1 Å². The van der Waals surface area contributed by atoms with Crippen LogP contribution in [0.4, 0.5) is 0 Å². The van der Waals surface area contributed by atoms with Crippen molar-refractivity contribution in [2.75, 3.05) is 14.2 Å². The number of carbonyl (C=O) groups excluding carboxylic acids is 2. The lowest BCUT2D eigenvalue weighted by molar-refractivity contribution is 0.0602. The Bertz CT molecular complexity index is 1260. The fraction of sp³-hybridized carbons (Fsp3) is 0.250. The van der Waals surface area contributed by atoms with Gasteiger partial charge in [0.1, 0.15) is 17.7 Å². The van der Waals surface area contributed by atoms with Crippen LogP contribution in [0.2, 0.25) is 0 Å². The Morgan fingerprint density at radius 2 is 1.93 bits per heavy atom. The first kappa shape index (κ1) is 20.0. The van der Waals surface area contributed by atoms with Crippen LogP contribution in [0.15, 0.2) is 33.9 Å². The molecule has 29 heavy (non-hydrogen) atoms. The van der Waals surface area contributed by atoms with E-state index >= 15 is 0 Å². The van der Waals surface area contributed by atoms with E-state index in [4.69, 9.17) is 9.47 Å². The molecule has 0 atom stereocenters. The van der Waals surface area contributed by atoms with Gasteiger partial charge in [-0.15, -0.1) is 0 Å². The van der Waals surface area contributed by atoms with E-state index in [0.717, 1.165) is 4.57 Å². The molecule has 9 nitrogen and oxygen atoms in total. The number of hydrogen-bond donors (Lipinski definition) is 0. The maximum absolute atomic E-state index is 13.2. The lowest BCUT2D eigenvalue weighted by Crippen LogP contribution is -2.40. The zero-order valence-electron chi connectivity index (χ0n) is 16.4. The Kier molecular flexibility index (Phi) is 5.31. The minimum atomic E-state index is -0.705. The molecule has 1 aromatic carbocycles. The van der Waals surface area contributed by atoms with Crippen molar-refractivity contribution in [3.8, 4) is 5.75 Å². The largest absolute Gasteiger partial charge is 0.496 e. The number of pyridine rings is 1. The minimum Gasteiger partial charge on any atom is -0.496 e. The molecule has 2 heterocycles. The minimum absolute atomic E-state index is 0.0185. The molecule has 0 unspecified atom stereocenters. The van der Waals surface area contributed by atoms with Gasteiger partial charge in [-0.3, -0.25) is 18.7 Å². The summed E-state index contributed by atoms with van der Waals surface area (Å²) < 4.78 is 12.2. The zero-order chi connectivity index (χ0) is 21.3. The lowest BCUT2D eigenvalue weighted by atomic mass is 10.1. The van der Waals surface area contributed by atoms with E-state index in [9.17, 15) is 19.2 Å². The van der Waals surface area contributed by atoms with Gasteiger partial charge < -0.3 is 9.47 Å². The summed E-state index contributed by atoms with van der Waals surface area (Å²) in [5.41, 5.74) is 0.118. The molecule has 0 bridgehead atoms. The van der Waals surface area contributed by atoms with Crippen LogP contribution in [0.3, 0.4) is 0 Å². The van der Waals surface area contributed by atoms with E-state index in [2.05, 4.69) is 4.98 Å². The summed E-state index contributed by atoms with van der Waals surface area (Å²) in [6.45, 7) is 1.50. The average Bonchev–Trinajstić information content (AvgIpc) is 2.73. The van der Waals surface area contributed by atoms with Crippen LogP contribution in [0.5, 0.6) is 5.75 Å². The molecule has 3 aromatic rings. The van der Waals surface area contributed by atoms with E-state index in [0.29, 0.717) is 28.9 Å². The highest BCUT2D eigenvalue weighted by atomic mass is 16.5. The molecule has 0 radical (unpaired) electrons. The number of aryl methyl sites for hydroxylation is 2. The lowest BCUT2D eigenvalue weighted by Gasteiger charge is -2.14. The first-order valence-electron chi connectivity index (χ1n) is 8.64. The van der Waals surface area contributed by atoms with Crippen LogP contribution in [-0.4, -0.2) is 40.6 Å². The number of esters is 1. The molecule has 0 saturated carbocycles. The Labute approximate surface area is 165 Å². The Morgan fingerprint density at radius 1 is 1.21 bits per heavy atom. The third-order valence-electron chi connectivity index (χ3n) is 4.60. The molecule has 0 aliphatic heterocycles. The summed E-state index contributed by atoms with van der Waals surface area (Å²) in [5.74, 6) is -0.289. The Morgan fingerprint density at radius 3 is 2.55 bits per heavy atom. The average molecular weight is 397 g/mol. The molecule has 0 spiro atoms. The van der Waals surface area contributed by atoms with Crippen molar-refractivity contribution in [3.63, 3.8) is 0 Å². The number of carbonyl (C=O) groups is 2. The second-order valence-electron chi connectivity index (χ2n) is 6.42. The normalized spacial score (nSPS) is 10.8. The van der Waals surface area contributed by atoms with Crippen LogP contribution in [-0.2, 0) is 18.3 Å². The highest BCUT2D eigenvalue weighted by Crippen LogP contribution is 2.20. The number of methoxy groups -OCH3 is 2. The second kappa shape index (κ2) is 7.70. The molecule has 0 N–H and O–H groups in total. The molecule has 2 aromatic heterocycles. The van der Waals surface area contributed by atoms with Crippen molar-refractivity contribution in [3.05, 3.63) is 67.5 Å². The number of ether oxygens (including phenoxy) is 2. The first-order valence-corrected chi connectivity index (χ1v) is 8.64. The molecule has 150 valence electrons. The van der Waals surface area contributed by atoms with Gasteiger partial charge in [-0.05, 0) is 31.2 Å². The maximum Gasteiger partial charge on any atom is 0.338 e. The monoisotopic (exact) mass is 397 g/mol. The van der Waals surface area contributed by atoms with Crippen LogP contribution < -0.4 is 16.0 Å². The zero-order valence-corrected chi connectivity index (χ0v) is 16.4. The van der Waals surface area contributed by atoms with Gasteiger partial charge in [-0.1, -0.05) is 0 Å². The smallest absolute Gasteiger partial charge is 0.338 e. The Hall–Kier alpha value is -3.75. The van der Waals surface area contributed by atoms with Crippen LogP contribution in [0, 0.1) is 6.92 Å². The van der Waals surface area contributed by atoms with E-state index in [-0.39, 0.29) is 23.1 Å². The molecule has 0 aliphatic carbocycles. The van der Waals surface area contributed by atoms with Gasteiger partial charge in [0, 0.05) is 23.9 Å². The van der Waals surface area contributed by atoms with Gasteiger partial charge in [-0.2, -0.15) is 0 Å². The van der Waals surface area contributed by atoms with Crippen molar-refractivity contribution < 1.29 is 19.1 Å². The number of rotatable bonds is 5. The predicted molar refractivity (Wildman–Crippen MR) is 105 cm³/mol. The molecule has 9 heteroatoms. The fourth-order valence-electron chi connectivity index (χ4n) is 3.18. The fourth-order valence-corrected chi connectivity index (χ4v) is 3.18. The molecule has 0 amide bonds. The summed E-state index contributed by atoms with van der Waals surface area (Å²) in [5, 5.41) is -0.0185. The number of benzene rings is 1. The van der Waals surface area contributed by atoms with E-state index < -0.39 is 17.2 Å². The summed E-state index contributed by atoms with van der Waals surface area (Å²) in [6.07, 6.45) is 0.659. The first-order chi connectivity index (χ1) is 13.8. The highest BCUT2D eigenvalue weighted by Gasteiger charge is 2.21. The third-order valence-corrected chi connectivity index (χ3v) is 4.60. The molecule has 0 saturated heterocycles. The van der Waals surface area contributed by atoms with Gasteiger partial charge in [0.2, 0.25) is 0 Å². The molecular weight excluding hydrogens is 378 g/mol. The Balaban J connectivity index is 2.35. The molecular formula is C20H19N3O6. The van der Waals surface area contributed by atoms with Crippen molar-refractivity contribution in [2.24, 2.45) is 7.05 Å². The van der Waals surface area contributed by atoms with E-state index in [1.807, 2.05) is 0 Å². The van der Waals surface area contributed by atoms with Crippen LogP contribution >= 0.6 is 0 Å². The number of hydrogen-bond acceptors (Lipinski definition) is 7. The highest BCUT2D eigenvalue weighted by molar-refractivity contribution is 6.02. The van der Waals surface area contributed by atoms with Gasteiger partial charge >= 0.3 is 11.7 Å². The van der Waals surface area contributed by atoms with E-state index in [1.165, 1.54) is 38.0 Å².